The van der Waals surface area contributed by atoms with Crippen LogP contribution in [0.5, 0.6) is 0 Å². The molecule has 1 aliphatic rings. The lowest BCUT2D eigenvalue weighted by molar-refractivity contribution is -0.125. The standard InChI is InChI=1S/C15H19ClN2O2/c1-9(2)8-17-14(19)12-7-13(12)15(20)18-11-5-3-10(16)4-6-11/h3-6,9,12-13H,7-8H2,1-2H3,(H,17,19)(H,18,20). The van der Waals surface area contributed by atoms with Gasteiger partial charge in [-0.1, -0.05) is 25.4 Å². The molecule has 0 heterocycles. The molecule has 0 radical (unpaired) electrons. The number of hydrogen-bond donors (Lipinski definition) is 2. The lowest BCUT2D eigenvalue weighted by Gasteiger charge is -2.07. The summed E-state index contributed by atoms with van der Waals surface area (Å²) in [5.74, 6) is -0.0927. The van der Waals surface area contributed by atoms with E-state index in [0.29, 0.717) is 29.6 Å². The van der Waals surface area contributed by atoms with Crippen LogP contribution in [0, 0.1) is 17.8 Å². The minimum absolute atomic E-state index is 0.0186. The summed E-state index contributed by atoms with van der Waals surface area (Å²) in [5, 5.41) is 6.29. The third kappa shape index (κ3) is 3.97. The lowest BCUT2D eigenvalue weighted by Crippen LogP contribution is -2.30. The molecule has 2 rings (SSSR count). The zero-order valence-corrected chi connectivity index (χ0v) is 12.4. The van der Waals surface area contributed by atoms with Gasteiger partial charge in [-0.3, -0.25) is 9.59 Å². The minimum Gasteiger partial charge on any atom is -0.356 e. The third-order valence-corrected chi connectivity index (χ3v) is 3.51. The van der Waals surface area contributed by atoms with Crippen LogP contribution in [0.3, 0.4) is 0 Å². The highest BCUT2D eigenvalue weighted by atomic mass is 35.5. The Bertz CT molecular complexity index is 499. The van der Waals surface area contributed by atoms with Crippen LogP contribution >= 0.6 is 11.6 Å². The summed E-state index contributed by atoms with van der Waals surface area (Å²) in [6, 6.07) is 6.93. The predicted molar refractivity (Wildman–Crippen MR) is 79.5 cm³/mol. The van der Waals surface area contributed by atoms with E-state index in [1.165, 1.54) is 0 Å². The van der Waals surface area contributed by atoms with Crippen molar-refractivity contribution in [2.45, 2.75) is 20.3 Å². The van der Waals surface area contributed by atoms with Crippen molar-refractivity contribution < 1.29 is 9.59 Å². The summed E-state index contributed by atoms with van der Waals surface area (Å²) < 4.78 is 0. The molecule has 4 nitrogen and oxygen atoms in total. The van der Waals surface area contributed by atoms with E-state index >= 15 is 0 Å². The van der Waals surface area contributed by atoms with Gasteiger partial charge in [0.25, 0.3) is 0 Å². The molecule has 2 N–H and O–H groups in total. The summed E-state index contributed by atoms with van der Waals surface area (Å²) in [7, 11) is 0. The maximum atomic E-state index is 12.0. The summed E-state index contributed by atoms with van der Waals surface area (Å²) in [5.41, 5.74) is 0.702. The van der Waals surface area contributed by atoms with E-state index in [2.05, 4.69) is 10.6 Å². The Labute approximate surface area is 123 Å². The van der Waals surface area contributed by atoms with Gasteiger partial charge < -0.3 is 10.6 Å². The first-order chi connectivity index (χ1) is 9.47. The second kappa shape index (κ2) is 6.27. The van der Waals surface area contributed by atoms with Gasteiger partial charge in [-0.2, -0.15) is 0 Å². The van der Waals surface area contributed by atoms with Gasteiger partial charge in [0.1, 0.15) is 0 Å². The number of rotatable bonds is 5. The van der Waals surface area contributed by atoms with E-state index in [9.17, 15) is 9.59 Å². The first-order valence-electron chi connectivity index (χ1n) is 6.81. The van der Waals surface area contributed by atoms with E-state index in [1.54, 1.807) is 24.3 Å². The molecule has 2 unspecified atom stereocenters. The molecular formula is C15H19ClN2O2. The van der Waals surface area contributed by atoms with Crippen LogP contribution in [-0.2, 0) is 9.59 Å². The Kier molecular flexibility index (Phi) is 4.65. The molecule has 0 aromatic heterocycles. The van der Waals surface area contributed by atoms with Crippen molar-refractivity contribution in [3.8, 4) is 0 Å². The van der Waals surface area contributed by atoms with Gasteiger partial charge in [-0.15, -0.1) is 0 Å². The Morgan fingerprint density at radius 3 is 2.40 bits per heavy atom. The lowest BCUT2D eigenvalue weighted by atomic mass is 10.2. The van der Waals surface area contributed by atoms with E-state index in [-0.39, 0.29) is 23.7 Å². The first-order valence-corrected chi connectivity index (χ1v) is 7.19. The van der Waals surface area contributed by atoms with Crippen molar-refractivity contribution in [1.82, 2.24) is 5.32 Å². The molecule has 1 aromatic rings. The van der Waals surface area contributed by atoms with Gasteiger partial charge in [0, 0.05) is 17.3 Å². The molecule has 2 atom stereocenters. The first kappa shape index (κ1) is 14.9. The normalized spacial score (nSPS) is 20.6. The molecule has 0 bridgehead atoms. The highest BCUT2D eigenvalue weighted by molar-refractivity contribution is 6.30. The van der Waals surface area contributed by atoms with Crippen LogP contribution in [0.2, 0.25) is 5.02 Å². The van der Waals surface area contributed by atoms with Crippen molar-refractivity contribution in [2.24, 2.45) is 17.8 Å². The van der Waals surface area contributed by atoms with Crippen LogP contribution in [-0.4, -0.2) is 18.4 Å². The number of halogens is 1. The minimum atomic E-state index is -0.210. The Hall–Kier alpha value is -1.55. The van der Waals surface area contributed by atoms with E-state index in [1.807, 2.05) is 13.8 Å². The van der Waals surface area contributed by atoms with Crippen LogP contribution in [0.1, 0.15) is 20.3 Å². The van der Waals surface area contributed by atoms with Crippen LogP contribution < -0.4 is 10.6 Å². The van der Waals surface area contributed by atoms with E-state index < -0.39 is 0 Å². The third-order valence-electron chi connectivity index (χ3n) is 3.26. The smallest absolute Gasteiger partial charge is 0.228 e. The molecule has 0 saturated heterocycles. The molecule has 2 amide bonds. The maximum Gasteiger partial charge on any atom is 0.228 e. The fourth-order valence-electron chi connectivity index (χ4n) is 1.98. The Balaban J connectivity index is 1.81. The summed E-state index contributed by atoms with van der Waals surface area (Å²) in [4.78, 5) is 23.8. The number of hydrogen-bond acceptors (Lipinski definition) is 2. The summed E-state index contributed by atoms with van der Waals surface area (Å²) in [6.07, 6.45) is 0.628. The molecule has 1 aromatic carbocycles. The average molecular weight is 295 g/mol. The number of anilines is 1. The van der Waals surface area contributed by atoms with Crippen molar-refractivity contribution in [2.75, 3.05) is 11.9 Å². The molecular weight excluding hydrogens is 276 g/mol. The largest absolute Gasteiger partial charge is 0.356 e. The second-order valence-corrected chi connectivity index (χ2v) is 6.02. The van der Waals surface area contributed by atoms with Crippen LogP contribution in [0.4, 0.5) is 5.69 Å². The maximum absolute atomic E-state index is 12.0. The summed E-state index contributed by atoms with van der Waals surface area (Å²) >= 11 is 5.78. The SMILES string of the molecule is CC(C)CNC(=O)C1CC1C(=O)Nc1ccc(Cl)cc1. The van der Waals surface area contributed by atoms with E-state index in [0.717, 1.165) is 0 Å². The van der Waals surface area contributed by atoms with Gasteiger partial charge in [-0.25, -0.2) is 0 Å². The van der Waals surface area contributed by atoms with Gasteiger partial charge in [0.05, 0.1) is 11.8 Å². The monoisotopic (exact) mass is 294 g/mol. The molecule has 5 heteroatoms. The molecule has 1 aliphatic carbocycles. The topological polar surface area (TPSA) is 58.2 Å². The van der Waals surface area contributed by atoms with Gasteiger partial charge in [-0.05, 0) is 36.6 Å². The van der Waals surface area contributed by atoms with Crippen molar-refractivity contribution >= 4 is 29.1 Å². The molecule has 20 heavy (non-hydrogen) atoms. The number of nitrogens with one attached hydrogen (secondary N) is 2. The van der Waals surface area contributed by atoms with Crippen LogP contribution in [0.15, 0.2) is 24.3 Å². The fourth-order valence-corrected chi connectivity index (χ4v) is 2.10. The molecule has 1 saturated carbocycles. The number of carbonyl (C=O) groups excluding carboxylic acids is 2. The van der Waals surface area contributed by atoms with Crippen molar-refractivity contribution in [1.29, 1.82) is 0 Å². The highest BCUT2D eigenvalue weighted by Gasteiger charge is 2.47. The zero-order chi connectivity index (χ0) is 14.7. The molecule has 108 valence electrons. The molecule has 0 spiro atoms. The predicted octanol–water partition coefficient (Wildman–Crippen LogP) is 2.69. The summed E-state index contributed by atoms with van der Waals surface area (Å²) in [6.45, 7) is 4.73. The molecule has 0 aliphatic heterocycles. The van der Waals surface area contributed by atoms with Gasteiger partial charge in [0.15, 0.2) is 0 Å². The number of amides is 2. The fraction of sp³-hybridized carbons (Fsp3) is 0.467. The Morgan fingerprint density at radius 2 is 1.80 bits per heavy atom. The second-order valence-electron chi connectivity index (χ2n) is 5.58. The zero-order valence-electron chi connectivity index (χ0n) is 11.7. The van der Waals surface area contributed by atoms with Crippen LogP contribution in [0.25, 0.3) is 0 Å². The van der Waals surface area contributed by atoms with E-state index in [4.69, 9.17) is 11.6 Å². The molecule has 1 fully saturated rings. The number of benzene rings is 1. The van der Waals surface area contributed by atoms with Gasteiger partial charge in [0.2, 0.25) is 11.8 Å². The number of carbonyl (C=O) groups is 2. The van der Waals surface area contributed by atoms with Crippen molar-refractivity contribution in [3.05, 3.63) is 29.3 Å². The van der Waals surface area contributed by atoms with Crippen molar-refractivity contribution in [3.63, 3.8) is 0 Å². The van der Waals surface area contributed by atoms with Gasteiger partial charge >= 0.3 is 0 Å². The average Bonchev–Trinajstić information content (AvgIpc) is 3.19. The Morgan fingerprint density at radius 1 is 1.20 bits per heavy atom. The quantitative estimate of drug-likeness (QED) is 0.877. The highest BCUT2D eigenvalue weighted by Crippen LogP contribution is 2.39.